The first kappa shape index (κ1) is 13.3. The number of nitrogens with zero attached hydrogens (tertiary/aromatic N) is 1. The molecule has 0 bridgehead atoms. The first-order valence-corrected chi connectivity index (χ1v) is 5.49. The van der Waals surface area contributed by atoms with Gasteiger partial charge in [-0.2, -0.15) is 0 Å². The molecule has 0 aliphatic carbocycles. The molecule has 1 aliphatic heterocycles. The van der Waals surface area contributed by atoms with Crippen molar-refractivity contribution in [3.8, 4) is 0 Å². The van der Waals surface area contributed by atoms with Crippen LogP contribution in [0.3, 0.4) is 0 Å². The summed E-state index contributed by atoms with van der Waals surface area (Å²) < 4.78 is 0. The second-order valence-electron chi connectivity index (χ2n) is 4.29. The molecule has 0 atom stereocenters. The Morgan fingerprint density at radius 2 is 1.79 bits per heavy atom. The zero-order chi connectivity index (χ0) is 11.2. The smallest absolute Gasteiger partial charge is 0.407 e. The Bertz CT molecular complexity index is 178. The summed E-state index contributed by atoms with van der Waals surface area (Å²) in [6.07, 6.45) is 2.35. The average Bonchev–Trinajstić information content (AvgIpc) is 2.30. The molecule has 1 rings (SSSR count). The van der Waals surface area contributed by atoms with Crippen LogP contribution in [0, 0.1) is 5.41 Å². The van der Waals surface area contributed by atoms with Gasteiger partial charge in [-0.3, -0.25) is 0 Å². The molecule has 84 valence electrons. The number of hydrogen-bond acceptors (Lipinski definition) is 1. The molecule has 1 saturated heterocycles. The number of carboxylic acid groups (broad SMARTS) is 1. The molecule has 1 amide bonds. The topological polar surface area (TPSA) is 40.5 Å². The fraction of sp³-hybridized carbons (Fsp3) is 0.909. The zero-order valence-electron chi connectivity index (χ0n) is 9.84. The fourth-order valence-electron chi connectivity index (χ4n) is 1.61. The normalized spacial score (nSPS) is 20.4. The zero-order valence-corrected chi connectivity index (χ0v) is 9.84. The fourth-order valence-corrected chi connectivity index (χ4v) is 1.61. The third-order valence-electron chi connectivity index (χ3n) is 2.61. The van der Waals surface area contributed by atoms with Crippen LogP contribution in [0.4, 0.5) is 4.79 Å². The molecular weight excluding hydrogens is 178 g/mol. The molecule has 3 nitrogen and oxygen atoms in total. The van der Waals surface area contributed by atoms with Gasteiger partial charge in [-0.25, -0.2) is 4.79 Å². The quantitative estimate of drug-likeness (QED) is 0.653. The third kappa shape index (κ3) is 4.49. The van der Waals surface area contributed by atoms with E-state index in [-0.39, 0.29) is 0 Å². The van der Waals surface area contributed by atoms with Crippen molar-refractivity contribution in [2.24, 2.45) is 5.41 Å². The van der Waals surface area contributed by atoms with Gasteiger partial charge in [0.25, 0.3) is 0 Å². The van der Waals surface area contributed by atoms with Crippen LogP contribution in [0.15, 0.2) is 0 Å². The van der Waals surface area contributed by atoms with Crippen molar-refractivity contribution in [3.63, 3.8) is 0 Å². The number of hydrogen-bond donors (Lipinski definition) is 1. The summed E-state index contributed by atoms with van der Waals surface area (Å²) in [5.74, 6) is 0. The van der Waals surface area contributed by atoms with E-state index in [0.717, 1.165) is 19.3 Å². The van der Waals surface area contributed by atoms with Gasteiger partial charge < -0.3 is 10.0 Å². The van der Waals surface area contributed by atoms with E-state index >= 15 is 0 Å². The maximum absolute atomic E-state index is 10.6. The molecule has 1 N–H and O–H groups in total. The van der Waals surface area contributed by atoms with Crippen LogP contribution in [0.5, 0.6) is 0 Å². The summed E-state index contributed by atoms with van der Waals surface area (Å²) >= 11 is 0. The molecule has 0 aromatic heterocycles. The minimum atomic E-state index is -0.771. The first-order chi connectivity index (χ1) is 6.51. The number of amides is 1. The van der Waals surface area contributed by atoms with E-state index in [1.807, 2.05) is 13.8 Å². The van der Waals surface area contributed by atoms with Crippen LogP contribution in [-0.2, 0) is 0 Å². The van der Waals surface area contributed by atoms with Gasteiger partial charge in [0, 0.05) is 13.1 Å². The lowest BCUT2D eigenvalue weighted by atomic mass is 9.85. The van der Waals surface area contributed by atoms with Crippen molar-refractivity contribution in [2.45, 2.75) is 47.0 Å². The Balaban J connectivity index is 0.000000791. The van der Waals surface area contributed by atoms with Gasteiger partial charge in [0.15, 0.2) is 0 Å². The molecule has 0 aromatic rings. The van der Waals surface area contributed by atoms with Crippen molar-refractivity contribution in [1.29, 1.82) is 0 Å². The number of carbonyl (C=O) groups is 1. The molecule has 0 aromatic carbocycles. The molecule has 0 saturated carbocycles. The lowest BCUT2D eigenvalue weighted by molar-refractivity contribution is 0.145. The summed E-state index contributed by atoms with van der Waals surface area (Å²) in [6, 6.07) is 0. The minimum Gasteiger partial charge on any atom is -0.465 e. The van der Waals surface area contributed by atoms with Crippen molar-refractivity contribution in [2.75, 3.05) is 13.1 Å². The highest BCUT2D eigenvalue weighted by atomic mass is 16.4. The minimum absolute atomic E-state index is 0.324. The molecule has 1 heterocycles. The third-order valence-corrected chi connectivity index (χ3v) is 2.61. The first-order valence-electron chi connectivity index (χ1n) is 5.49. The average molecular weight is 201 g/mol. The van der Waals surface area contributed by atoms with Gasteiger partial charge in [0.1, 0.15) is 0 Å². The summed E-state index contributed by atoms with van der Waals surface area (Å²) in [4.78, 5) is 12.2. The van der Waals surface area contributed by atoms with Gasteiger partial charge in [-0.1, -0.05) is 27.7 Å². The number of likely N-dealkylation sites (tertiary alicyclic amines) is 1. The van der Waals surface area contributed by atoms with E-state index in [9.17, 15) is 4.79 Å². The van der Waals surface area contributed by atoms with E-state index in [4.69, 9.17) is 5.11 Å². The van der Waals surface area contributed by atoms with Crippen LogP contribution in [0.25, 0.3) is 0 Å². The molecule has 1 aliphatic rings. The highest BCUT2D eigenvalue weighted by Crippen LogP contribution is 2.29. The monoisotopic (exact) mass is 201 g/mol. The van der Waals surface area contributed by atoms with Crippen molar-refractivity contribution < 1.29 is 9.90 Å². The Kier molecular flexibility index (Phi) is 5.58. The molecule has 0 spiro atoms. The van der Waals surface area contributed by atoms with Crippen LogP contribution >= 0.6 is 0 Å². The molecule has 1 fully saturated rings. The Hall–Kier alpha value is -0.730. The summed E-state index contributed by atoms with van der Waals surface area (Å²) in [6.45, 7) is 9.82. The predicted molar refractivity (Wildman–Crippen MR) is 58.6 cm³/mol. The van der Waals surface area contributed by atoms with Crippen LogP contribution < -0.4 is 0 Å². The second kappa shape index (κ2) is 5.89. The number of rotatable bonds is 0. The van der Waals surface area contributed by atoms with E-state index < -0.39 is 6.09 Å². The van der Waals surface area contributed by atoms with Gasteiger partial charge in [-0.15, -0.1) is 0 Å². The second-order valence-corrected chi connectivity index (χ2v) is 4.29. The lowest BCUT2D eigenvalue weighted by Crippen LogP contribution is -2.30. The van der Waals surface area contributed by atoms with Crippen LogP contribution in [0.1, 0.15) is 47.0 Å². The lowest BCUT2D eigenvalue weighted by Gasteiger charge is -2.21. The standard InChI is InChI=1S/C9H17NO2.C2H6/c1-9(2)4-3-6-10(7-5-9)8(11)12;1-2/h3-7H2,1-2H3,(H,11,12);1-2H3. The molecule has 3 heteroatoms. The van der Waals surface area contributed by atoms with Gasteiger partial charge >= 0.3 is 6.09 Å². The van der Waals surface area contributed by atoms with E-state index in [1.165, 1.54) is 4.90 Å². The molecule has 14 heavy (non-hydrogen) atoms. The SMILES string of the molecule is CC.CC1(C)CCCN(C(=O)O)CC1. The maximum Gasteiger partial charge on any atom is 0.407 e. The summed E-state index contributed by atoms with van der Waals surface area (Å²) in [5, 5.41) is 8.76. The van der Waals surface area contributed by atoms with E-state index in [1.54, 1.807) is 0 Å². The molecule has 0 unspecified atom stereocenters. The van der Waals surface area contributed by atoms with Crippen molar-refractivity contribution >= 4 is 6.09 Å². The summed E-state index contributed by atoms with van der Waals surface area (Å²) in [7, 11) is 0. The van der Waals surface area contributed by atoms with E-state index in [0.29, 0.717) is 18.5 Å². The predicted octanol–water partition coefficient (Wildman–Crippen LogP) is 3.20. The molecule has 0 radical (unpaired) electrons. The highest BCUT2D eigenvalue weighted by molar-refractivity contribution is 5.64. The Morgan fingerprint density at radius 1 is 1.21 bits per heavy atom. The Morgan fingerprint density at radius 3 is 2.29 bits per heavy atom. The highest BCUT2D eigenvalue weighted by Gasteiger charge is 2.24. The van der Waals surface area contributed by atoms with Gasteiger partial charge in [-0.05, 0) is 24.7 Å². The van der Waals surface area contributed by atoms with Crippen molar-refractivity contribution in [1.82, 2.24) is 4.90 Å². The van der Waals surface area contributed by atoms with Crippen LogP contribution in [-0.4, -0.2) is 29.2 Å². The van der Waals surface area contributed by atoms with Crippen LogP contribution in [0.2, 0.25) is 0 Å². The molecular formula is C11H23NO2. The van der Waals surface area contributed by atoms with Crippen molar-refractivity contribution in [3.05, 3.63) is 0 Å². The van der Waals surface area contributed by atoms with Gasteiger partial charge in [0.2, 0.25) is 0 Å². The maximum atomic E-state index is 10.6. The largest absolute Gasteiger partial charge is 0.465 e. The Labute approximate surface area is 87.1 Å². The summed E-state index contributed by atoms with van der Waals surface area (Å²) in [5.41, 5.74) is 0.324. The van der Waals surface area contributed by atoms with E-state index in [2.05, 4.69) is 13.8 Å². The van der Waals surface area contributed by atoms with Gasteiger partial charge in [0.05, 0.1) is 0 Å².